The number of carbonyl (C=O) groups excluding carboxylic acids is 1. The Labute approximate surface area is 217 Å². The van der Waals surface area contributed by atoms with Crippen LogP contribution in [0.5, 0.6) is 0 Å². The van der Waals surface area contributed by atoms with Crippen molar-refractivity contribution in [3.8, 4) is 11.5 Å². The Kier molecular flexibility index (Phi) is 6.50. The van der Waals surface area contributed by atoms with Crippen molar-refractivity contribution in [2.24, 2.45) is 13.0 Å². The van der Waals surface area contributed by atoms with E-state index in [9.17, 15) is 18.0 Å². The molecule has 1 amide bonds. The lowest BCUT2D eigenvalue weighted by molar-refractivity contribution is -0.137. The number of alkyl halides is 3. The highest BCUT2D eigenvalue weighted by Gasteiger charge is 2.48. The predicted molar refractivity (Wildman–Crippen MR) is 135 cm³/mol. The molecule has 2 aromatic carbocycles. The lowest BCUT2D eigenvalue weighted by atomic mass is 9.58. The van der Waals surface area contributed by atoms with Gasteiger partial charge in [-0.2, -0.15) is 13.2 Å². The van der Waals surface area contributed by atoms with Gasteiger partial charge < -0.3 is 19.2 Å². The number of hydrogen-bond donors (Lipinski definition) is 1. The molecule has 0 spiro atoms. The first-order chi connectivity index (χ1) is 18.0. The van der Waals surface area contributed by atoms with E-state index in [1.165, 1.54) is 4.90 Å². The second-order valence-corrected chi connectivity index (χ2v) is 10.3. The summed E-state index contributed by atoms with van der Waals surface area (Å²) in [6.07, 6.45) is -1.18. The van der Waals surface area contributed by atoms with Crippen LogP contribution in [0.2, 0.25) is 0 Å². The standard InChI is InChI=1S/C27H29F3N6O2/c1-16-11-26(12-16,25-34-32-15-36(25)4)19-7-5-6-18(10-19)24-33-21-9-17(13-31-14-22(37)35(2)3)8-20(23(21)38-24)27(28,29)30/h5-10,15-16,31H,11-14H2,1-4H3. The van der Waals surface area contributed by atoms with Crippen LogP contribution >= 0.6 is 0 Å². The Morgan fingerprint density at radius 3 is 2.63 bits per heavy atom. The summed E-state index contributed by atoms with van der Waals surface area (Å²) in [4.78, 5) is 17.7. The number of oxazole rings is 1. The minimum Gasteiger partial charge on any atom is -0.435 e. The molecule has 2 heterocycles. The predicted octanol–water partition coefficient (Wildman–Crippen LogP) is 4.54. The number of aryl methyl sites for hydroxylation is 1. The summed E-state index contributed by atoms with van der Waals surface area (Å²) in [5.74, 6) is 1.30. The van der Waals surface area contributed by atoms with Crippen molar-refractivity contribution in [1.29, 1.82) is 0 Å². The quantitative estimate of drug-likeness (QED) is 0.381. The molecule has 0 aliphatic heterocycles. The Morgan fingerprint density at radius 2 is 2.00 bits per heavy atom. The van der Waals surface area contributed by atoms with E-state index in [2.05, 4.69) is 27.4 Å². The van der Waals surface area contributed by atoms with Crippen LogP contribution in [0, 0.1) is 5.92 Å². The summed E-state index contributed by atoms with van der Waals surface area (Å²) in [6, 6.07) is 10.2. The minimum atomic E-state index is -4.64. The van der Waals surface area contributed by atoms with Gasteiger partial charge in [-0.3, -0.25) is 4.79 Å². The number of nitrogens with zero attached hydrogens (tertiary/aromatic N) is 5. The van der Waals surface area contributed by atoms with Crippen LogP contribution in [-0.2, 0) is 30.0 Å². The Bertz CT molecular complexity index is 1480. The van der Waals surface area contributed by atoms with Gasteiger partial charge in [0.15, 0.2) is 5.58 Å². The van der Waals surface area contributed by atoms with Gasteiger partial charge >= 0.3 is 6.18 Å². The molecule has 1 saturated carbocycles. The van der Waals surface area contributed by atoms with Gasteiger partial charge in [0.1, 0.15) is 23.2 Å². The molecule has 200 valence electrons. The Morgan fingerprint density at radius 1 is 1.24 bits per heavy atom. The van der Waals surface area contributed by atoms with E-state index in [0.29, 0.717) is 17.0 Å². The third-order valence-corrected chi connectivity index (χ3v) is 7.15. The molecule has 1 aliphatic rings. The topological polar surface area (TPSA) is 89.1 Å². The van der Waals surface area contributed by atoms with Gasteiger partial charge in [-0.1, -0.05) is 19.1 Å². The highest BCUT2D eigenvalue weighted by molar-refractivity contribution is 5.81. The molecule has 8 nitrogen and oxygen atoms in total. The van der Waals surface area contributed by atoms with Gasteiger partial charge in [-0.15, -0.1) is 10.2 Å². The van der Waals surface area contributed by atoms with Crippen molar-refractivity contribution in [2.45, 2.75) is 37.9 Å². The fourth-order valence-electron chi connectivity index (χ4n) is 5.34. The van der Waals surface area contributed by atoms with Gasteiger partial charge in [0.2, 0.25) is 11.8 Å². The number of rotatable bonds is 7. The maximum Gasteiger partial charge on any atom is 0.420 e. The maximum atomic E-state index is 14.0. The molecule has 38 heavy (non-hydrogen) atoms. The number of fused-ring (bicyclic) bond motifs is 1. The van der Waals surface area contributed by atoms with Crippen LogP contribution < -0.4 is 5.32 Å². The third kappa shape index (κ3) is 4.66. The SMILES string of the molecule is CC1CC(c2cccc(-c3nc4cc(CNCC(=O)N(C)C)cc(C(F)(F)F)c4o3)c2)(c2nncn2C)C1. The molecule has 0 unspecified atom stereocenters. The van der Waals surface area contributed by atoms with Crippen molar-refractivity contribution < 1.29 is 22.4 Å². The van der Waals surface area contributed by atoms with Crippen LogP contribution in [-0.4, -0.2) is 51.2 Å². The lowest BCUT2D eigenvalue weighted by Crippen LogP contribution is -2.43. The number of hydrogen-bond acceptors (Lipinski definition) is 6. The molecule has 11 heteroatoms. The summed E-state index contributed by atoms with van der Waals surface area (Å²) in [6.45, 7) is 2.27. The fraction of sp³-hybridized carbons (Fsp3) is 0.407. The van der Waals surface area contributed by atoms with Crippen LogP contribution in [0.4, 0.5) is 13.2 Å². The summed E-state index contributed by atoms with van der Waals surface area (Å²) >= 11 is 0. The van der Waals surface area contributed by atoms with Gasteiger partial charge in [0, 0.05) is 33.3 Å². The molecule has 4 aromatic rings. The van der Waals surface area contributed by atoms with E-state index in [-0.39, 0.29) is 41.4 Å². The molecule has 0 bridgehead atoms. The number of aromatic nitrogens is 4. The normalized spacial score (nSPS) is 19.5. The molecule has 0 saturated heterocycles. The van der Waals surface area contributed by atoms with Gasteiger partial charge in [0.25, 0.3) is 0 Å². The summed E-state index contributed by atoms with van der Waals surface area (Å²) in [5, 5.41) is 11.3. The summed E-state index contributed by atoms with van der Waals surface area (Å²) < 4.78 is 49.6. The molecule has 5 rings (SSSR count). The summed E-state index contributed by atoms with van der Waals surface area (Å²) in [5.41, 5.74) is 0.510. The average molecular weight is 527 g/mol. The zero-order valence-electron chi connectivity index (χ0n) is 21.6. The molecular formula is C27H29F3N6O2. The van der Waals surface area contributed by atoms with Gasteiger partial charge in [-0.25, -0.2) is 4.98 Å². The fourth-order valence-corrected chi connectivity index (χ4v) is 5.34. The van der Waals surface area contributed by atoms with Crippen molar-refractivity contribution in [2.75, 3.05) is 20.6 Å². The summed E-state index contributed by atoms with van der Waals surface area (Å²) in [7, 11) is 5.14. The first kappa shape index (κ1) is 25.9. The highest BCUT2D eigenvalue weighted by Crippen LogP contribution is 2.52. The van der Waals surface area contributed by atoms with Gasteiger partial charge in [-0.05, 0) is 54.2 Å². The van der Waals surface area contributed by atoms with Crippen LogP contribution in [0.3, 0.4) is 0 Å². The van der Waals surface area contributed by atoms with Crippen molar-refractivity contribution in [3.05, 3.63) is 65.2 Å². The number of halogens is 3. The van der Waals surface area contributed by atoms with Crippen LogP contribution in [0.25, 0.3) is 22.6 Å². The van der Waals surface area contributed by atoms with E-state index in [1.807, 2.05) is 29.8 Å². The molecule has 2 aromatic heterocycles. The third-order valence-electron chi connectivity index (χ3n) is 7.15. The number of amides is 1. The van der Waals surface area contributed by atoms with E-state index in [0.717, 1.165) is 30.3 Å². The van der Waals surface area contributed by atoms with Crippen molar-refractivity contribution >= 4 is 17.0 Å². The number of likely N-dealkylation sites (N-methyl/N-ethyl adjacent to an activating group) is 1. The zero-order chi connectivity index (χ0) is 27.2. The number of carbonyl (C=O) groups is 1. The van der Waals surface area contributed by atoms with E-state index < -0.39 is 11.7 Å². The second-order valence-electron chi connectivity index (χ2n) is 10.3. The lowest BCUT2D eigenvalue weighted by Gasteiger charge is -2.46. The smallest absolute Gasteiger partial charge is 0.420 e. The Hall–Kier alpha value is -3.73. The van der Waals surface area contributed by atoms with Crippen LogP contribution in [0.1, 0.15) is 42.3 Å². The maximum absolute atomic E-state index is 14.0. The molecule has 0 atom stereocenters. The number of nitrogens with one attached hydrogen (secondary N) is 1. The van der Waals surface area contributed by atoms with Crippen molar-refractivity contribution in [3.63, 3.8) is 0 Å². The largest absolute Gasteiger partial charge is 0.435 e. The highest BCUT2D eigenvalue weighted by atomic mass is 19.4. The first-order valence-electron chi connectivity index (χ1n) is 12.3. The molecule has 1 N–H and O–H groups in total. The van der Waals surface area contributed by atoms with Crippen molar-refractivity contribution in [1.82, 2.24) is 30.0 Å². The van der Waals surface area contributed by atoms with Gasteiger partial charge in [0.05, 0.1) is 12.0 Å². The van der Waals surface area contributed by atoms with E-state index in [1.54, 1.807) is 32.6 Å². The molecule has 1 fully saturated rings. The number of benzene rings is 2. The monoisotopic (exact) mass is 526 g/mol. The molecular weight excluding hydrogens is 497 g/mol. The second kappa shape index (κ2) is 9.54. The van der Waals surface area contributed by atoms with Crippen LogP contribution in [0.15, 0.2) is 47.1 Å². The average Bonchev–Trinajstić information content (AvgIpc) is 3.47. The molecule has 1 aliphatic carbocycles. The first-order valence-corrected chi connectivity index (χ1v) is 12.3. The molecule has 0 radical (unpaired) electrons. The van der Waals surface area contributed by atoms with E-state index in [4.69, 9.17) is 4.42 Å². The zero-order valence-corrected chi connectivity index (χ0v) is 21.6. The minimum absolute atomic E-state index is 0.00906. The Balaban J connectivity index is 1.51. The van der Waals surface area contributed by atoms with E-state index >= 15 is 0 Å².